The zero-order chi connectivity index (χ0) is 20.9. The third kappa shape index (κ3) is 4.51. The number of hydrogen-bond donors (Lipinski definition) is 0. The van der Waals surface area contributed by atoms with Crippen molar-refractivity contribution in [1.29, 1.82) is 0 Å². The third-order valence-electron chi connectivity index (χ3n) is 4.59. The van der Waals surface area contributed by atoms with Crippen molar-refractivity contribution in [2.24, 2.45) is 0 Å². The average Bonchev–Trinajstić information content (AvgIpc) is 2.72. The van der Waals surface area contributed by atoms with Crippen LogP contribution in [0.2, 0.25) is 5.28 Å². The first kappa shape index (κ1) is 21.9. The number of nitrogens with zero attached hydrogens (tertiary/aromatic N) is 3. The Labute approximate surface area is 188 Å². The lowest BCUT2D eigenvalue weighted by Crippen LogP contribution is -2.42. The zero-order valence-corrected chi connectivity index (χ0v) is 19.1. The molecule has 2 aromatic heterocycles. The molecule has 0 radical (unpaired) electrons. The Kier molecular flexibility index (Phi) is 7.37. The molecule has 152 valence electrons. The van der Waals surface area contributed by atoms with Crippen molar-refractivity contribution in [2.75, 3.05) is 19.8 Å². The van der Waals surface area contributed by atoms with Gasteiger partial charge in [-0.15, -0.1) is 0 Å². The molecule has 0 spiro atoms. The first-order valence-electron chi connectivity index (χ1n) is 9.32. The van der Waals surface area contributed by atoms with Crippen molar-refractivity contribution >= 4 is 51.1 Å². The van der Waals surface area contributed by atoms with Crippen LogP contribution in [0.5, 0.6) is 0 Å². The van der Waals surface area contributed by atoms with Gasteiger partial charge >= 0.3 is 5.97 Å². The van der Waals surface area contributed by atoms with Gasteiger partial charge in [-0.2, -0.15) is 0 Å². The first-order valence-corrected chi connectivity index (χ1v) is 10.8. The summed E-state index contributed by atoms with van der Waals surface area (Å²) in [6.07, 6.45) is 1.96. The summed E-state index contributed by atoms with van der Waals surface area (Å²) in [6.45, 7) is 4.78. The van der Waals surface area contributed by atoms with E-state index in [-0.39, 0.29) is 11.9 Å². The maximum atomic E-state index is 13.5. The molecule has 0 aliphatic carbocycles. The summed E-state index contributed by atoms with van der Waals surface area (Å²) in [4.78, 5) is 26.8. The van der Waals surface area contributed by atoms with Gasteiger partial charge in [-0.05, 0) is 84.8 Å². The molecule has 0 saturated heterocycles. The number of ether oxygens (including phenoxy) is 2. The predicted octanol–water partition coefficient (Wildman–Crippen LogP) is 4.56. The molecule has 3 aromatic rings. The molecule has 1 aromatic carbocycles. The van der Waals surface area contributed by atoms with Crippen molar-refractivity contribution < 1.29 is 14.3 Å². The molecule has 6 nitrogen and oxygen atoms in total. The molecule has 0 aliphatic rings. The quantitative estimate of drug-likeness (QED) is 0.186. The van der Waals surface area contributed by atoms with Gasteiger partial charge in [0.05, 0.1) is 23.5 Å². The molecule has 3 rings (SSSR count). The molecule has 0 saturated carbocycles. The molecule has 0 N–H and O–H groups in total. The second kappa shape index (κ2) is 9.77. The third-order valence-corrected chi connectivity index (χ3v) is 5.43. The fraction of sp³-hybridized carbons (Fsp3) is 0.333. The molecular weight excluding hydrogens is 505 g/mol. The van der Waals surface area contributed by atoms with Crippen LogP contribution in [0.15, 0.2) is 42.6 Å². The van der Waals surface area contributed by atoms with Crippen molar-refractivity contribution in [3.8, 4) is 0 Å². The second-order valence-corrected chi connectivity index (χ2v) is 7.87. The number of hydrogen-bond acceptors (Lipinski definition) is 6. The number of halogens is 2. The van der Waals surface area contributed by atoms with Crippen LogP contribution < -0.4 is 0 Å². The summed E-state index contributed by atoms with van der Waals surface area (Å²) in [5.41, 5.74) is 0.388. The van der Waals surface area contributed by atoms with E-state index >= 15 is 0 Å². The van der Waals surface area contributed by atoms with Crippen molar-refractivity contribution in [1.82, 2.24) is 15.0 Å². The number of carbonyl (C=O) groups is 1. The van der Waals surface area contributed by atoms with Crippen molar-refractivity contribution in [3.05, 3.63) is 62.8 Å². The number of rotatable bonds is 8. The topological polar surface area (TPSA) is 74.2 Å². The Hall–Kier alpha value is -1.84. The van der Waals surface area contributed by atoms with Gasteiger partial charge in [-0.3, -0.25) is 9.78 Å². The van der Waals surface area contributed by atoms with Gasteiger partial charge in [0.2, 0.25) is 5.28 Å². The van der Waals surface area contributed by atoms with Gasteiger partial charge in [0, 0.05) is 28.4 Å². The van der Waals surface area contributed by atoms with Gasteiger partial charge in [-0.1, -0.05) is 6.07 Å². The van der Waals surface area contributed by atoms with Gasteiger partial charge in [0.1, 0.15) is 0 Å². The normalized spacial score (nSPS) is 13.2. The molecule has 0 fully saturated rings. The van der Waals surface area contributed by atoms with Crippen LogP contribution in [-0.2, 0) is 19.7 Å². The lowest BCUT2D eigenvalue weighted by Gasteiger charge is -2.31. The standard InChI is InChI=1S/C21H21ClIN3O3/c1-3-28-12-10-21(19(27)29-4-2,17-7-5-6-11-24-17)18-15-13-14(23)8-9-16(15)25-20(22)26-18/h5-9,11,13H,3-4,10,12H2,1-2H3. The molecule has 0 aliphatic heterocycles. The number of pyridine rings is 1. The van der Waals surface area contributed by atoms with Crippen LogP contribution in [0.3, 0.4) is 0 Å². The highest BCUT2D eigenvalue weighted by atomic mass is 127. The Morgan fingerprint density at radius 3 is 2.69 bits per heavy atom. The van der Waals surface area contributed by atoms with Gasteiger partial charge in [-0.25, -0.2) is 9.97 Å². The predicted molar refractivity (Wildman–Crippen MR) is 120 cm³/mol. The van der Waals surface area contributed by atoms with Crippen LogP contribution >= 0.6 is 34.2 Å². The molecule has 2 heterocycles. The number of esters is 1. The summed E-state index contributed by atoms with van der Waals surface area (Å²) < 4.78 is 12.1. The van der Waals surface area contributed by atoms with Crippen LogP contribution in [0.1, 0.15) is 31.7 Å². The average molecular weight is 526 g/mol. The monoisotopic (exact) mass is 525 g/mol. The molecular formula is C21H21ClIN3O3. The van der Waals surface area contributed by atoms with E-state index in [1.54, 1.807) is 25.3 Å². The molecule has 0 amide bonds. The van der Waals surface area contributed by atoms with E-state index in [1.807, 2.05) is 31.2 Å². The minimum atomic E-state index is -1.28. The largest absolute Gasteiger partial charge is 0.465 e. The summed E-state index contributed by atoms with van der Waals surface area (Å²) in [5.74, 6) is -0.437. The lowest BCUT2D eigenvalue weighted by molar-refractivity contribution is -0.149. The smallest absolute Gasteiger partial charge is 0.324 e. The minimum Gasteiger partial charge on any atom is -0.465 e. The van der Waals surface area contributed by atoms with E-state index in [0.717, 1.165) is 8.96 Å². The summed E-state index contributed by atoms with van der Waals surface area (Å²) in [7, 11) is 0. The van der Waals surface area contributed by atoms with E-state index < -0.39 is 11.4 Å². The number of carbonyl (C=O) groups excluding carboxylic acids is 1. The highest BCUT2D eigenvalue weighted by molar-refractivity contribution is 14.1. The van der Waals surface area contributed by atoms with Gasteiger partial charge < -0.3 is 9.47 Å². The number of benzene rings is 1. The number of fused-ring (bicyclic) bond motifs is 1. The Bertz CT molecular complexity index is 1000. The number of aromatic nitrogens is 3. The van der Waals surface area contributed by atoms with Crippen LogP contribution in [-0.4, -0.2) is 40.7 Å². The van der Waals surface area contributed by atoms with E-state index in [0.29, 0.717) is 36.5 Å². The maximum Gasteiger partial charge on any atom is 0.324 e. The van der Waals surface area contributed by atoms with E-state index in [4.69, 9.17) is 21.1 Å². The zero-order valence-electron chi connectivity index (χ0n) is 16.2. The van der Waals surface area contributed by atoms with Crippen LogP contribution in [0.25, 0.3) is 10.9 Å². The van der Waals surface area contributed by atoms with E-state index in [1.165, 1.54) is 0 Å². The maximum absolute atomic E-state index is 13.5. The van der Waals surface area contributed by atoms with E-state index in [2.05, 4.69) is 37.5 Å². The Morgan fingerprint density at radius 1 is 1.17 bits per heavy atom. The summed E-state index contributed by atoms with van der Waals surface area (Å²) in [6, 6.07) is 11.2. The SMILES string of the molecule is CCOCCC(C(=O)OCC)(c1ccccn1)c1nc(Cl)nc2ccc(I)cc12. The van der Waals surface area contributed by atoms with Crippen LogP contribution in [0, 0.1) is 3.57 Å². The highest BCUT2D eigenvalue weighted by Gasteiger charge is 2.47. The van der Waals surface area contributed by atoms with Crippen LogP contribution in [0.4, 0.5) is 0 Å². The van der Waals surface area contributed by atoms with E-state index in [9.17, 15) is 4.79 Å². The van der Waals surface area contributed by atoms with Gasteiger partial charge in [0.15, 0.2) is 5.41 Å². The fourth-order valence-electron chi connectivity index (χ4n) is 3.31. The first-order chi connectivity index (χ1) is 14.0. The fourth-order valence-corrected chi connectivity index (χ4v) is 3.97. The highest BCUT2D eigenvalue weighted by Crippen LogP contribution is 2.39. The Morgan fingerprint density at radius 2 is 2.00 bits per heavy atom. The molecule has 29 heavy (non-hydrogen) atoms. The summed E-state index contributed by atoms with van der Waals surface area (Å²) in [5, 5.41) is 0.797. The van der Waals surface area contributed by atoms with Crippen molar-refractivity contribution in [2.45, 2.75) is 25.7 Å². The molecule has 0 bridgehead atoms. The second-order valence-electron chi connectivity index (χ2n) is 6.29. The van der Waals surface area contributed by atoms with Gasteiger partial charge in [0.25, 0.3) is 0 Å². The lowest BCUT2D eigenvalue weighted by atomic mass is 9.76. The van der Waals surface area contributed by atoms with Crippen molar-refractivity contribution in [3.63, 3.8) is 0 Å². The molecule has 1 atom stereocenters. The molecule has 8 heteroatoms. The Balaban J connectivity index is 2.36. The summed E-state index contributed by atoms with van der Waals surface area (Å²) >= 11 is 8.49. The minimum absolute atomic E-state index is 0.0646. The molecule has 1 unspecified atom stereocenters.